The van der Waals surface area contributed by atoms with Crippen molar-refractivity contribution in [2.75, 3.05) is 26.2 Å². The third kappa shape index (κ3) is 2.80. The first-order valence-electron chi connectivity index (χ1n) is 7.74. The van der Waals surface area contributed by atoms with Crippen molar-refractivity contribution in [2.45, 2.75) is 31.7 Å². The summed E-state index contributed by atoms with van der Waals surface area (Å²) >= 11 is 0. The number of nitrogens with zero attached hydrogens (tertiary/aromatic N) is 2. The lowest BCUT2D eigenvalue weighted by Crippen LogP contribution is -2.54. The highest BCUT2D eigenvalue weighted by Gasteiger charge is 2.39. The molecular formula is C17H22N2O3. The number of hydrogen-bond acceptors (Lipinski definition) is 3. The first-order chi connectivity index (χ1) is 10.5. The number of benzene rings is 1. The normalized spacial score (nSPS) is 21.5. The molecule has 0 saturated carbocycles. The van der Waals surface area contributed by atoms with E-state index in [4.69, 9.17) is 4.74 Å². The summed E-state index contributed by atoms with van der Waals surface area (Å²) in [6.45, 7) is 6.33. The van der Waals surface area contributed by atoms with Gasteiger partial charge in [0.25, 0.3) is 0 Å². The lowest BCUT2D eigenvalue weighted by Gasteiger charge is -2.37. The Kier molecular flexibility index (Phi) is 3.81. The van der Waals surface area contributed by atoms with E-state index in [1.165, 1.54) is 5.56 Å². The molecule has 0 aromatic heterocycles. The molecular weight excluding hydrogens is 280 g/mol. The number of rotatable bonds is 3. The summed E-state index contributed by atoms with van der Waals surface area (Å²) < 4.78 is 5.05. The standard InChI is InChI=1S/C17H22N2O3/c1-17(2,13-6-4-3-5-7-13)10-15(20)18-8-9-19-14(11-18)12-22-16(19)21/h3-7,14H,8-12H2,1-2H3/t14-/m0/s1. The molecule has 1 atom stereocenters. The van der Waals surface area contributed by atoms with E-state index in [0.29, 0.717) is 32.7 Å². The van der Waals surface area contributed by atoms with Crippen LogP contribution in [-0.2, 0) is 14.9 Å². The molecule has 5 heteroatoms. The molecule has 2 amide bonds. The third-order valence-electron chi connectivity index (χ3n) is 4.62. The lowest BCUT2D eigenvalue weighted by molar-refractivity contribution is -0.134. The minimum absolute atomic E-state index is 0.0186. The first-order valence-corrected chi connectivity index (χ1v) is 7.74. The third-order valence-corrected chi connectivity index (χ3v) is 4.62. The molecule has 1 aromatic rings. The van der Waals surface area contributed by atoms with Gasteiger partial charge in [-0.3, -0.25) is 9.69 Å². The maximum absolute atomic E-state index is 12.6. The fourth-order valence-corrected chi connectivity index (χ4v) is 3.20. The lowest BCUT2D eigenvalue weighted by atomic mass is 9.81. The molecule has 118 valence electrons. The minimum atomic E-state index is -0.248. The van der Waals surface area contributed by atoms with Crippen LogP contribution < -0.4 is 0 Å². The maximum Gasteiger partial charge on any atom is 0.410 e. The van der Waals surface area contributed by atoms with E-state index < -0.39 is 0 Å². The van der Waals surface area contributed by atoms with Gasteiger partial charge in [-0.15, -0.1) is 0 Å². The van der Waals surface area contributed by atoms with Crippen molar-refractivity contribution < 1.29 is 14.3 Å². The summed E-state index contributed by atoms with van der Waals surface area (Å²) in [5.41, 5.74) is 0.971. The molecule has 1 aromatic carbocycles. The number of ether oxygens (including phenoxy) is 1. The second-order valence-corrected chi connectivity index (χ2v) is 6.69. The Hall–Kier alpha value is -2.04. The molecule has 2 saturated heterocycles. The molecule has 0 N–H and O–H groups in total. The van der Waals surface area contributed by atoms with Gasteiger partial charge in [0.1, 0.15) is 6.61 Å². The second-order valence-electron chi connectivity index (χ2n) is 6.69. The summed E-state index contributed by atoms with van der Waals surface area (Å²) in [5.74, 6) is 0.146. The van der Waals surface area contributed by atoms with Crippen molar-refractivity contribution >= 4 is 12.0 Å². The van der Waals surface area contributed by atoms with Gasteiger partial charge in [-0.05, 0) is 11.0 Å². The molecule has 2 fully saturated rings. The molecule has 2 aliphatic heterocycles. The van der Waals surface area contributed by atoms with Crippen LogP contribution in [-0.4, -0.2) is 54.1 Å². The Bertz CT molecular complexity index is 571. The predicted molar refractivity (Wildman–Crippen MR) is 82.5 cm³/mol. The van der Waals surface area contributed by atoms with Crippen LogP contribution in [0.4, 0.5) is 4.79 Å². The van der Waals surface area contributed by atoms with Gasteiger partial charge in [-0.25, -0.2) is 4.79 Å². The van der Waals surface area contributed by atoms with E-state index >= 15 is 0 Å². The van der Waals surface area contributed by atoms with Gasteiger partial charge in [0.05, 0.1) is 6.04 Å². The number of cyclic esters (lactones) is 1. The summed E-state index contributed by atoms with van der Waals surface area (Å²) in [4.78, 5) is 27.7. The van der Waals surface area contributed by atoms with Crippen molar-refractivity contribution in [2.24, 2.45) is 0 Å². The zero-order chi connectivity index (χ0) is 15.7. The number of carbonyl (C=O) groups excluding carboxylic acids is 2. The highest BCUT2D eigenvalue weighted by molar-refractivity contribution is 5.78. The van der Waals surface area contributed by atoms with Crippen molar-refractivity contribution in [3.8, 4) is 0 Å². The monoisotopic (exact) mass is 302 g/mol. The van der Waals surface area contributed by atoms with Gasteiger partial charge in [0.2, 0.25) is 5.91 Å². The van der Waals surface area contributed by atoms with E-state index in [0.717, 1.165) is 0 Å². The fraction of sp³-hybridized carbons (Fsp3) is 0.529. The largest absolute Gasteiger partial charge is 0.447 e. The molecule has 3 rings (SSSR count). The maximum atomic E-state index is 12.6. The molecule has 0 aliphatic carbocycles. The highest BCUT2D eigenvalue weighted by Crippen LogP contribution is 2.28. The van der Waals surface area contributed by atoms with Gasteiger partial charge in [0, 0.05) is 26.1 Å². The van der Waals surface area contributed by atoms with Crippen LogP contribution in [0.3, 0.4) is 0 Å². The smallest absolute Gasteiger partial charge is 0.410 e. The second kappa shape index (κ2) is 5.63. The summed E-state index contributed by atoms with van der Waals surface area (Å²) in [7, 11) is 0. The molecule has 2 aliphatic rings. The van der Waals surface area contributed by atoms with Gasteiger partial charge >= 0.3 is 6.09 Å². The first kappa shape index (κ1) is 14.9. The Labute approximate surface area is 130 Å². The molecule has 0 radical (unpaired) electrons. The van der Waals surface area contributed by atoms with Gasteiger partial charge in [-0.2, -0.15) is 0 Å². The van der Waals surface area contributed by atoms with Crippen LogP contribution >= 0.6 is 0 Å². The van der Waals surface area contributed by atoms with E-state index in [2.05, 4.69) is 26.0 Å². The Balaban J connectivity index is 1.64. The van der Waals surface area contributed by atoms with Crippen LogP contribution in [0.1, 0.15) is 25.8 Å². The van der Waals surface area contributed by atoms with Crippen molar-refractivity contribution in [3.05, 3.63) is 35.9 Å². The highest BCUT2D eigenvalue weighted by atomic mass is 16.6. The van der Waals surface area contributed by atoms with E-state index in [1.807, 2.05) is 23.1 Å². The van der Waals surface area contributed by atoms with Crippen molar-refractivity contribution in [1.82, 2.24) is 9.80 Å². The Morgan fingerprint density at radius 1 is 1.27 bits per heavy atom. The minimum Gasteiger partial charge on any atom is -0.447 e. The number of piperazine rings is 1. The molecule has 2 heterocycles. The van der Waals surface area contributed by atoms with Gasteiger partial charge in [-0.1, -0.05) is 44.2 Å². The number of amides is 2. The fourth-order valence-electron chi connectivity index (χ4n) is 3.20. The predicted octanol–water partition coefficient (Wildman–Crippen LogP) is 2.02. The molecule has 22 heavy (non-hydrogen) atoms. The summed E-state index contributed by atoms with van der Waals surface area (Å²) in [6.07, 6.45) is 0.222. The van der Waals surface area contributed by atoms with Crippen LogP contribution in [0.25, 0.3) is 0 Å². The van der Waals surface area contributed by atoms with Crippen molar-refractivity contribution in [1.29, 1.82) is 0 Å². The Morgan fingerprint density at radius 2 is 2.00 bits per heavy atom. The molecule has 0 bridgehead atoms. The number of hydrogen-bond donors (Lipinski definition) is 0. The molecule has 5 nitrogen and oxygen atoms in total. The van der Waals surface area contributed by atoms with Crippen molar-refractivity contribution in [3.63, 3.8) is 0 Å². The SMILES string of the molecule is CC(C)(CC(=O)N1CCN2C(=O)OC[C@@H]2C1)c1ccccc1. The average molecular weight is 302 g/mol. The summed E-state index contributed by atoms with van der Waals surface area (Å²) in [6, 6.07) is 10.1. The quantitative estimate of drug-likeness (QED) is 0.858. The van der Waals surface area contributed by atoms with Crippen LogP contribution in [0, 0.1) is 0 Å². The molecule has 0 unspecified atom stereocenters. The van der Waals surface area contributed by atoms with Crippen LogP contribution in [0.2, 0.25) is 0 Å². The molecule has 0 spiro atoms. The van der Waals surface area contributed by atoms with E-state index in [9.17, 15) is 9.59 Å². The zero-order valence-electron chi connectivity index (χ0n) is 13.1. The van der Waals surface area contributed by atoms with Crippen LogP contribution in [0.5, 0.6) is 0 Å². The number of carbonyl (C=O) groups is 2. The van der Waals surface area contributed by atoms with Gasteiger partial charge < -0.3 is 9.64 Å². The van der Waals surface area contributed by atoms with E-state index in [1.54, 1.807) is 4.90 Å². The van der Waals surface area contributed by atoms with E-state index in [-0.39, 0.29) is 23.5 Å². The summed E-state index contributed by atoms with van der Waals surface area (Å²) in [5, 5.41) is 0. The van der Waals surface area contributed by atoms with Gasteiger partial charge in [0.15, 0.2) is 0 Å². The number of fused-ring (bicyclic) bond motifs is 1. The zero-order valence-corrected chi connectivity index (χ0v) is 13.1. The van der Waals surface area contributed by atoms with Crippen LogP contribution in [0.15, 0.2) is 30.3 Å². The average Bonchev–Trinajstić information content (AvgIpc) is 2.88. The topological polar surface area (TPSA) is 49.9 Å². The Morgan fingerprint density at radius 3 is 2.73 bits per heavy atom.